The number of hydrogen-bond donors (Lipinski definition) is 0. The number of nitrogens with zero attached hydrogens (tertiary/aromatic N) is 2. The first-order valence-electron chi connectivity index (χ1n) is 26.1. The minimum Gasteiger partial charge on any atom is -0.310 e. The molecule has 0 aliphatic heterocycles. The van der Waals surface area contributed by atoms with Crippen LogP contribution in [0.25, 0.3) is 104 Å². The van der Waals surface area contributed by atoms with Crippen LogP contribution in [-0.2, 0) is 10.8 Å². The van der Waals surface area contributed by atoms with Crippen LogP contribution < -0.4 is 4.90 Å². The van der Waals surface area contributed by atoms with Gasteiger partial charge in [-0.05, 0) is 137 Å². The molecule has 0 saturated carbocycles. The van der Waals surface area contributed by atoms with Crippen molar-refractivity contribution in [1.29, 1.82) is 0 Å². The molecule has 0 N–H and O–H groups in total. The molecule has 0 radical (unpaired) electrons. The minimum atomic E-state index is -0.120. The molecular formula is C72H58N2. The van der Waals surface area contributed by atoms with Crippen LogP contribution in [0.3, 0.4) is 0 Å². The molecule has 2 nitrogen and oxygen atoms in total. The second-order valence-electron chi connectivity index (χ2n) is 22.2. The first-order chi connectivity index (χ1) is 36.0. The highest BCUT2D eigenvalue weighted by Crippen LogP contribution is 2.48. The van der Waals surface area contributed by atoms with Crippen molar-refractivity contribution in [3.05, 3.63) is 254 Å². The fraction of sp³-hybridized carbons (Fsp3) is 0.111. The smallest absolute Gasteiger partial charge is 0.0541 e. The van der Waals surface area contributed by atoms with E-state index in [4.69, 9.17) is 0 Å². The second-order valence-corrected chi connectivity index (χ2v) is 22.2. The number of para-hydroxylation sites is 2. The number of aromatic nitrogens is 1. The van der Waals surface area contributed by atoms with Crippen LogP contribution in [0, 0.1) is 0 Å². The average Bonchev–Trinajstić information content (AvgIpc) is 3.77. The first-order valence-corrected chi connectivity index (χ1v) is 26.1. The fourth-order valence-electron chi connectivity index (χ4n) is 11.5. The topological polar surface area (TPSA) is 8.17 Å². The molecule has 0 amide bonds. The van der Waals surface area contributed by atoms with E-state index in [-0.39, 0.29) is 10.8 Å². The monoisotopic (exact) mass is 950 g/mol. The van der Waals surface area contributed by atoms with Crippen LogP contribution in [0.5, 0.6) is 0 Å². The summed E-state index contributed by atoms with van der Waals surface area (Å²) in [6, 6.07) is 90.5. The van der Waals surface area contributed by atoms with Gasteiger partial charge in [-0.3, -0.25) is 0 Å². The summed E-state index contributed by atoms with van der Waals surface area (Å²) in [5, 5.41) is 10.00. The van der Waals surface area contributed by atoms with E-state index < -0.39 is 0 Å². The van der Waals surface area contributed by atoms with E-state index in [2.05, 4.69) is 294 Å². The van der Waals surface area contributed by atoms with Gasteiger partial charge in [0, 0.05) is 32.9 Å². The molecular weight excluding hydrogens is 893 g/mol. The van der Waals surface area contributed by atoms with Crippen LogP contribution >= 0.6 is 0 Å². The van der Waals surface area contributed by atoms with Crippen molar-refractivity contribution in [2.24, 2.45) is 0 Å². The third kappa shape index (κ3) is 7.72. The quantitative estimate of drug-likeness (QED) is 0.138. The predicted molar refractivity (Wildman–Crippen MR) is 318 cm³/mol. The van der Waals surface area contributed by atoms with Gasteiger partial charge in [-0.2, -0.15) is 0 Å². The Morgan fingerprint density at radius 1 is 0.311 bits per heavy atom. The van der Waals surface area contributed by atoms with E-state index in [1.807, 2.05) is 0 Å². The number of rotatable bonds is 8. The van der Waals surface area contributed by atoms with E-state index in [9.17, 15) is 0 Å². The maximum absolute atomic E-state index is 2.51. The zero-order chi connectivity index (χ0) is 50.3. The van der Waals surface area contributed by atoms with Crippen LogP contribution in [0.1, 0.15) is 52.7 Å². The van der Waals surface area contributed by atoms with Gasteiger partial charge in [0.1, 0.15) is 0 Å². The Morgan fingerprint density at radius 3 is 1.39 bits per heavy atom. The number of benzene rings is 12. The Kier molecular flexibility index (Phi) is 10.7. The Morgan fingerprint density at radius 2 is 0.784 bits per heavy atom. The van der Waals surface area contributed by atoms with Crippen molar-refractivity contribution in [3.63, 3.8) is 0 Å². The van der Waals surface area contributed by atoms with E-state index in [1.165, 1.54) is 115 Å². The summed E-state index contributed by atoms with van der Waals surface area (Å²) in [5.74, 6) is 0. The van der Waals surface area contributed by atoms with E-state index in [0.717, 1.165) is 17.1 Å². The highest BCUT2D eigenvalue weighted by molar-refractivity contribution is 6.27. The van der Waals surface area contributed by atoms with Gasteiger partial charge in [-0.1, -0.05) is 236 Å². The van der Waals surface area contributed by atoms with Gasteiger partial charge in [-0.25, -0.2) is 0 Å². The van der Waals surface area contributed by atoms with Gasteiger partial charge >= 0.3 is 0 Å². The molecule has 0 unspecified atom stereocenters. The third-order valence-corrected chi connectivity index (χ3v) is 15.5. The molecule has 0 saturated heterocycles. The number of fused-ring (bicyclic) bond motifs is 3. The zero-order valence-electron chi connectivity index (χ0n) is 43.0. The lowest BCUT2D eigenvalue weighted by Crippen LogP contribution is -2.15. The van der Waals surface area contributed by atoms with Gasteiger partial charge in [0.25, 0.3) is 0 Å². The lowest BCUT2D eigenvalue weighted by molar-refractivity contribution is 0.590. The van der Waals surface area contributed by atoms with Gasteiger partial charge < -0.3 is 9.47 Å². The van der Waals surface area contributed by atoms with Gasteiger partial charge in [0.05, 0.1) is 22.4 Å². The number of hydrogen-bond acceptors (Lipinski definition) is 1. The molecule has 1 aromatic heterocycles. The van der Waals surface area contributed by atoms with Gasteiger partial charge in [0.2, 0.25) is 0 Å². The summed E-state index contributed by atoms with van der Waals surface area (Å²) >= 11 is 0. The Labute approximate surface area is 434 Å². The summed E-state index contributed by atoms with van der Waals surface area (Å²) in [5.41, 5.74) is 19.2. The van der Waals surface area contributed by atoms with Crippen molar-refractivity contribution >= 4 is 71.2 Å². The Hall–Kier alpha value is -8.72. The zero-order valence-corrected chi connectivity index (χ0v) is 43.0. The highest BCUT2D eigenvalue weighted by Gasteiger charge is 2.24. The molecule has 74 heavy (non-hydrogen) atoms. The molecule has 0 aliphatic carbocycles. The number of anilines is 3. The molecule has 0 bridgehead atoms. The van der Waals surface area contributed by atoms with E-state index in [1.54, 1.807) is 0 Å². The highest BCUT2D eigenvalue weighted by atomic mass is 15.1. The standard InChI is InChI=1S/C72H58N2/c1-71(2,3)55-36-28-50(29-37-55)59-18-10-11-19-60(59)51-30-38-57(39-31-51)73(58-45-54(44-56(46-58)72(4,5)6)49-26-24-48(25-27-49)47-16-8-7-9-17-47)67-42-34-52-33-41-64-68(43-35-53-32-40-63(67)69(52)70(53)64)74-65-22-14-12-20-61(65)62-21-13-15-23-66(62)74/h7-46H,1-6H3. The molecule has 12 aromatic carbocycles. The summed E-state index contributed by atoms with van der Waals surface area (Å²) in [7, 11) is 0. The molecule has 13 rings (SSSR count). The Bertz CT molecular complexity index is 4170. The van der Waals surface area contributed by atoms with Gasteiger partial charge in [0.15, 0.2) is 0 Å². The summed E-state index contributed by atoms with van der Waals surface area (Å²) < 4.78 is 2.47. The maximum Gasteiger partial charge on any atom is 0.0541 e. The van der Waals surface area contributed by atoms with Crippen molar-refractivity contribution < 1.29 is 0 Å². The van der Waals surface area contributed by atoms with Crippen molar-refractivity contribution in [1.82, 2.24) is 4.57 Å². The minimum absolute atomic E-state index is 0.0883. The molecule has 0 atom stereocenters. The molecule has 13 aromatic rings. The SMILES string of the molecule is CC(C)(C)c1ccc(-c2ccccc2-c2ccc(N(c3cc(-c4ccc(-c5ccccc5)cc4)cc(C(C)(C)C)c3)c3ccc4ccc5c(-n6c7ccccc7c7ccccc76)ccc6ccc3c4c65)cc2)cc1. The molecule has 0 spiro atoms. The van der Waals surface area contributed by atoms with E-state index in [0.29, 0.717) is 0 Å². The van der Waals surface area contributed by atoms with Crippen molar-refractivity contribution in [3.8, 4) is 50.2 Å². The summed E-state index contributed by atoms with van der Waals surface area (Å²) in [6.45, 7) is 13.8. The summed E-state index contributed by atoms with van der Waals surface area (Å²) in [4.78, 5) is 2.51. The van der Waals surface area contributed by atoms with Crippen molar-refractivity contribution in [2.45, 2.75) is 52.4 Å². The first kappa shape index (κ1) is 45.2. The van der Waals surface area contributed by atoms with Crippen LogP contribution in [-0.4, -0.2) is 4.57 Å². The fourth-order valence-corrected chi connectivity index (χ4v) is 11.5. The lowest BCUT2D eigenvalue weighted by atomic mass is 9.84. The molecule has 0 fully saturated rings. The Balaban J connectivity index is 1.01. The lowest BCUT2D eigenvalue weighted by Gasteiger charge is -2.30. The maximum atomic E-state index is 2.51. The van der Waals surface area contributed by atoms with Crippen LogP contribution in [0.15, 0.2) is 243 Å². The van der Waals surface area contributed by atoms with E-state index >= 15 is 0 Å². The largest absolute Gasteiger partial charge is 0.310 e. The summed E-state index contributed by atoms with van der Waals surface area (Å²) in [6.07, 6.45) is 0. The average molecular weight is 951 g/mol. The van der Waals surface area contributed by atoms with Crippen molar-refractivity contribution in [2.75, 3.05) is 4.90 Å². The van der Waals surface area contributed by atoms with Gasteiger partial charge in [-0.15, -0.1) is 0 Å². The molecule has 1 heterocycles. The molecule has 2 heteroatoms. The second kappa shape index (κ2) is 17.5. The molecule has 356 valence electrons. The third-order valence-electron chi connectivity index (χ3n) is 15.5. The van der Waals surface area contributed by atoms with Crippen LogP contribution in [0.4, 0.5) is 17.1 Å². The normalized spacial score (nSPS) is 12.2. The van der Waals surface area contributed by atoms with Crippen LogP contribution in [0.2, 0.25) is 0 Å². The predicted octanol–water partition coefficient (Wildman–Crippen LogP) is 20.4. The molecule has 0 aliphatic rings.